The van der Waals surface area contributed by atoms with Crippen LogP contribution in [0.15, 0.2) is 42.6 Å². The Morgan fingerprint density at radius 1 is 1.32 bits per heavy atom. The molecule has 1 amide bonds. The Labute approximate surface area is 112 Å². The van der Waals surface area contributed by atoms with Gasteiger partial charge in [-0.05, 0) is 42.3 Å². The number of carbonyl (C=O) groups excluding carboxylic acids is 1. The molecule has 1 N–H and O–H groups in total. The summed E-state index contributed by atoms with van der Waals surface area (Å²) >= 11 is 0. The molecule has 0 aliphatic heterocycles. The smallest absolute Gasteiger partial charge is 0.270 e. The second kappa shape index (κ2) is 6.00. The van der Waals surface area contributed by atoms with Gasteiger partial charge >= 0.3 is 0 Å². The summed E-state index contributed by atoms with van der Waals surface area (Å²) in [7, 11) is 1.63. The molecular weight excluding hydrogens is 240 g/mol. The Kier molecular flexibility index (Phi) is 4.13. The molecule has 2 rings (SSSR count). The van der Waals surface area contributed by atoms with Gasteiger partial charge in [0.25, 0.3) is 5.91 Å². The monoisotopic (exact) mass is 256 g/mol. The lowest BCUT2D eigenvalue weighted by Crippen LogP contribution is -2.24. The molecule has 0 unspecified atom stereocenters. The van der Waals surface area contributed by atoms with Crippen molar-refractivity contribution in [3.05, 3.63) is 59.4 Å². The Balaban J connectivity index is 2.05. The van der Waals surface area contributed by atoms with E-state index in [2.05, 4.69) is 10.3 Å². The van der Waals surface area contributed by atoms with Crippen LogP contribution in [0.2, 0.25) is 0 Å². The first-order valence-electron chi connectivity index (χ1n) is 6.03. The minimum absolute atomic E-state index is 0.178. The van der Waals surface area contributed by atoms with Crippen LogP contribution in [0.4, 0.5) is 0 Å². The van der Waals surface area contributed by atoms with Crippen LogP contribution in [0, 0.1) is 6.92 Å². The normalized spacial score (nSPS) is 10.0. The van der Waals surface area contributed by atoms with E-state index in [1.165, 1.54) is 0 Å². The fourth-order valence-electron chi connectivity index (χ4n) is 1.73. The van der Waals surface area contributed by atoms with Crippen molar-refractivity contribution in [2.24, 2.45) is 0 Å². The Bertz CT molecular complexity index is 568. The number of carbonyl (C=O) groups is 1. The maximum absolute atomic E-state index is 11.9. The fourth-order valence-corrected chi connectivity index (χ4v) is 1.73. The van der Waals surface area contributed by atoms with E-state index in [1.807, 2.05) is 25.1 Å². The summed E-state index contributed by atoms with van der Waals surface area (Å²) < 4.78 is 5.18. The molecule has 0 saturated carbocycles. The van der Waals surface area contributed by atoms with Crippen LogP contribution in [0.3, 0.4) is 0 Å². The molecule has 0 spiro atoms. The molecule has 1 heterocycles. The number of benzene rings is 1. The molecule has 0 radical (unpaired) electrons. The van der Waals surface area contributed by atoms with Crippen molar-refractivity contribution in [3.8, 4) is 5.75 Å². The first kappa shape index (κ1) is 13.1. The Morgan fingerprint density at radius 2 is 2.16 bits per heavy atom. The minimum atomic E-state index is -0.178. The Hall–Kier alpha value is -2.36. The summed E-state index contributed by atoms with van der Waals surface area (Å²) in [5.74, 6) is 0.607. The summed E-state index contributed by atoms with van der Waals surface area (Å²) in [4.78, 5) is 15.9. The SMILES string of the molecule is COc1ccc(C)c(CNC(=O)c2ccccn2)c1. The van der Waals surface area contributed by atoms with Gasteiger partial charge in [-0.25, -0.2) is 0 Å². The fraction of sp³-hybridized carbons (Fsp3) is 0.200. The number of pyridine rings is 1. The second-order valence-electron chi connectivity index (χ2n) is 4.19. The van der Waals surface area contributed by atoms with Crippen molar-refractivity contribution in [3.63, 3.8) is 0 Å². The highest BCUT2D eigenvalue weighted by Gasteiger charge is 2.07. The molecule has 0 bridgehead atoms. The zero-order chi connectivity index (χ0) is 13.7. The lowest BCUT2D eigenvalue weighted by atomic mass is 10.1. The van der Waals surface area contributed by atoms with Gasteiger partial charge in [0.1, 0.15) is 11.4 Å². The van der Waals surface area contributed by atoms with Crippen LogP contribution in [0.25, 0.3) is 0 Å². The second-order valence-corrected chi connectivity index (χ2v) is 4.19. The molecular formula is C15H16N2O2. The summed E-state index contributed by atoms with van der Waals surface area (Å²) in [6.07, 6.45) is 1.60. The predicted octanol–water partition coefficient (Wildman–Crippen LogP) is 2.33. The van der Waals surface area contributed by atoms with Crippen LogP contribution in [0.1, 0.15) is 21.6 Å². The van der Waals surface area contributed by atoms with E-state index in [9.17, 15) is 4.79 Å². The maximum Gasteiger partial charge on any atom is 0.270 e. The third-order valence-corrected chi connectivity index (χ3v) is 2.89. The van der Waals surface area contributed by atoms with E-state index >= 15 is 0 Å². The molecule has 0 saturated heterocycles. The molecule has 4 nitrogen and oxygen atoms in total. The number of rotatable bonds is 4. The van der Waals surface area contributed by atoms with Gasteiger partial charge in [0, 0.05) is 12.7 Å². The van der Waals surface area contributed by atoms with Crippen LogP contribution >= 0.6 is 0 Å². The number of ether oxygens (including phenoxy) is 1. The number of methoxy groups -OCH3 is 1. The maximum atomic E-state index is 11.9. The largest absolute Gasteiger partial charge is 0.497 e. The number of aromatic nitrogens is 1. The molecule has 1 aromatic carbocycles. The number of amides is 1. The van der Waals surface area contributed by atoms with E-state index < -0.39 is 0 Å². The van der Waals surface area contributed by atoms with Gasteiger partial charge in [-0.2, -0.15) is 0 Å². The van der Waals surface area contributed by atoms with E-state index in [-0.39, 0.29) is 5.91 Å². The molecule has 0 atom stereocenters. The lowest BCUT2D eigenvalue weighted by Gasteiger charge is -2.09. The van der Waals surface area contributed by atoms with Crippen LogP contribution < -0.4 is 10.1 Å². The zero-order valence-corrected chi connectivity index (χ0v) is 11.0. The zero-order valence-electron chi connectivity index (χ0n) is 11.0. The first-order valence-corrected chi connectivity index (χ1v) is 6.03. The van der Waals surface area contributed by atoms with Crippen LogP contribution in [0.5, 0.6) is 5.75 Å². The van der Waals surface area contributed by atoms with E-state index in [1.54, 1.807) is 31.5 Å². The summed E-state index contributed by atoms with van der Waals surface area (Å²) in [5.41, 5.74) is 2.56. The standard InChI is InChI=1S/C15H16N2O2/c1-11-6-7-13(19-2)9-12(11)10-17-15(18)14-5-3-4-8-16-14/h3-9H,10H2,1-2H3,(H,17,18). The van der Waals surface area contributed by atoms with Gasteiger partial charge in [0.05, 0.1) is 7.11 Å². The number of aryl methyl sites for hydroxylation is 1. The van der Waals surface area contributed by atoms with E-state index in [0.29, 0.717) is 12.2 Å². The molecule has 4 heteroatoms. The van der Waals surface area contributed by atoms with Gasteiger partial charge in [-0.15, -0.1) is 0 Å². The molecule has 0 aliphatic rings. The van der Waals surface area contributed by atoms with E-state index in [0.717, 1.165) is 16.9 Å². The van der Waals surface area contributed by atoms with Crippen molar-refractivity contribution < 1.29 is 9.53 Å². The first-order chi connectivity index (χ1) is 9.20. The number of nitrogens with one attached hydrogen (secondary N) is 1. The molecule has 0 fully saturated rings. The van der Waals surface area contributed by atoms with Crippen LogP contribution in [-0.4, -0.2) is 18.0 Å². The van der Waals surface area contributed by atoms with Gasteiger partial charge in [0.15, 0.2) is 0 Å². The molecule has 0 aliphatic carbocycles. The highest BCUT2D eigenvalue weighted by molar-refractivity contribution is 5.92. The quantitative estimate of drug-likeness (QED) is 0.913. The predicted molar refractivity (Wildman–Crippen MR) is 73.1 cm³/mol. The lowest BCUT2D eigenvalue weighted by molar-refractivity contribution is 0.0946. The van der Waals surface area contributed by atoms with Gasteiger partial charge in [-0.1, -0.05) is 12.1 Å². The average Bonchev–Trinajstić information content (AvgIpc) is 2.47. The van der Waals surface area contributed by atoms with Crippen molar-refractivity contribution in [1.29, 1.82) is 0 Å². The molecule has 19 heavy (non-hydrogen) atoms. The van der Waals surface area contributed by atoms with Crippen molar-refractivity contribution in [2.45, 2.75) is 13.5 Å². The number of hydrogen-bond donors (Lipinski definition) is 1. The summed E-state index contributed by atoms with van der Waals surface area (Å²) in [6, 6.07) is 11.1. The van der Waals surface area contributed by atoms with Crippen molar-refractivity contribution >= 4 is 5.91 Å². The molecule has 2 aromatic rings. The van der Waals surface area contributed by atoms with Gasteiger partial charge in [0.2, 0.25) is 0 Å². The number of hydrogen-bond acceptors (Lipinski definition) is 3. The topological polar surface area (TPSA) is 51.2 Å². The Morgan fingerprint density at radius 3 is 2.84 bits per heavy atom. The van der Waals surface area contributed by atoms with Crippen LogP contribution in [-0.2, 0) is 6.54 Å². The summed E-state index contributed by atoms with van der Waals surface area (Å²) in [5, 5.41) is 2.85. The third-order valence-electron chi connectivity index (χ3n) is 2.89. The summed E-state index contributed by atoms with van der Waals surface area (Å²) in [6.45, 7) is 2.46. The third kappa shape index (κ3) is 3.31. The highest BCUT2D eigenvalue weighted by Crippen LogP contribution is 2.16. The average molecular weight is 256 g/mol. The van der Waals surface area contributed by atoms with Crippen molar-refractivity contribution in [1.82, 2.24) is 10.3 Å². The van der Waals surface area contributed by atoms with Gasteiger partial charge < -0.3 is 10.1 Å². The highest BCUT2D eigenvalue weighted by atomic mass is 16.5. The molecule has 1 aromatic heterocycles. The van der Waals surface area contributed by atoms with E-state index in [4.69, 9.17) is 4.74 Å². The van der Waals surface area contributed by atoms with Crippen molar-refractivity contribution in [2.75, 3.05) is 7.11 Å². The molecule has 98 valence electrons. The number of nitrogens with zero attached hydrogens (tertiary/aromatic N) is 1. The van der Waals surface area contributed by atoms with Gasteiger partial charge in [-0.3, -0.25) is 9.78 Å². The minimum Gasteiger partial charge on any atom is -0.497 e.